The number of hydrogen-bond donors (Lipinski definition) is 0. The Balaban J connectivity index is 3.03. The molecular formula is C34H70O5Si2. The Morgan fingerprint density at radius 3 is 1.68 bits per heavy atom. The summed E-state index contributed by atoms with van der Waals surface area (Å²) in [5, 5.41) is 0.226. The molecule has 7 heteroatoms. The molecule has 0 aromatic carbocycles. The minimum atomic E-state index is -2.05. The van der Waals surface area contributed by atoms with Crippen molar-refractivity contribution in [1.82, 2.24) is 0 Å². The van der Waals surface area contributed by atoms with E-state index in [-0.39, 0.29) is 46.3 Å². The van der Waals surface area contributed by atoms with Crippen LogP contribution in [0.5, 0.6) is 0 Å². The van der Waals surface area contributed by atoms with Crippen LogP contribution in [0.1, 0.15) is 123 Å². The van der Waals surface area contributed by atoms with E-state index < -0.39 is 22.4 Å². The normalized spacial score (nSPS) is 23.6. The second-order valence-electron chi connectivity index (χ2n) is 17.5. The number of ether oxygens (including phenoxy) is 2. The van der Waals surface area contributed by atoms with Gasteiger partial charge in [0.2, 0.25) is 0 Å². The quantitative estimate of drug-likeness (QED) is 0.172. The van der Waals surface area contributed by atoms with E-state index in [0.717, 1.165) is 12.8 Å². The van der Waals surface area contributed by atoms with Crippen LogP contribution in [-0.4, -0.2) is 52.6 Å². The van der Waals surface area contributed by atoms with E-state index >= 15 is 0 Å². The molecule has 0 bridgehead atoms. The Kier molecular flexibility index (Phi) is 13.7. The Morgan fingerprint density at radius 2 is 1.24 bits per heavy atom. The highest BCUT2D eigenvalue weighted by Crippen LogP contribution is 2.42. The third kappa shape index (κ3) is 11.8. The predicted molar refractivity (Wildman–Crippen MR) is 179 cm³/mol. The van der Waals surface area contributed by atoms with Crippen molar-refractivity contribution in [2.75, 3.05) is 0 Å². The number of ketones is 1. The van der Waals surface area contributed by atoms with Crippen LogP contribution in [0.4, 0.5) is 0 Å². The molecule has 0 aromatic heterocycles. The summed E-state index contributed by atoms with van der Waals surface area (Å²) >= 11 is 0. The van der Waals surface area contributed by atoms with Crippen molar-refractivity contribution in [1.29, 1.82) is 0 Å². The van der Waals surface area contributed by atoms with E-state index in [9.17, 15) is 4.79 Å². The Morgan fingerprint density at radius 1 is 0.780 bits per heavy atom. The molecule has 1 aliphatic rings. The van der Waals surface area contributed by atoms with Crippen LogP contribution in [0.2, 0.25) is 36.3 Å². The topological polar surface area (TPSA) is 54.0 Å². The Labute approximate surface area is 257 Å². The summed E-state index contributed by atoms with van der Waals surface area (Å²) in [6.45, 7) is 40.4. The molecule has 0 N–H and O–H groups in total. The zero-order chi connectivity index (χ0) is 32.4. The van der Waals surface area contributed by atoms with Gasteiger partial charge in [-0.25, -0.2) is 0 Å². The first kappa shape index (κ1) is 39.0. The van der Waals surface area contributed by atoms with Crippen molar-refractivity contribution in [2.45, 2.75) is 189 Å². The third-order valence-corrected chi connectivity index (χ3v) is 18.8. The first-order chi connectivity index (χ1) is 18.2. The van der Waals surface area contributed by atoms with Crippen LogP contribution in [0.15, 0.2) is 0 Å². The van der Waals surface area contributed by atoms with Crippen LogP contribution >= 0.6 is 0 Å². The van der Waals surface area contributed by atoms with Crippen LogP contribution < -0.4 is 0 Å². The van der Waals surface area contributed by atoms with Crippen LogP contribution in [0.25, 0.3) is 0 Å². The van der Waals surface area contributed by atoms with E-state index in [4.69, 9.17) is 18.3 Å². The van der Waals surface area contributed by atoms with Gasteiger partial charge < -0.3 is 18.3 Å². The number of carbonyl (C=O) groups is 1. The molecule has 1 heterocycles. The minimum absolute atomic E-state index is 0.0114. The van der Waals surface area contributed by atoms with Gasteiger partial charge in [0.25, 0.3) is 0 Å². The molecule has 0 aliphatic carbocycles. The minimum Gasteiger partial charge on any atom is -0.411 e. The van der Waals surface area contributed by atoms with Crippen LogP contribution in [-0.2, 0) is 23.1 Å². The number of Topliss-reactive ketones (excluding diaryl/α,β-unsaturated/α-hetero) is 1. The lowest BCUT2D eigenvalue weighted by molar-refractivity contribution is -0.150. The van der Waals surface area contributed by atoms with Gasteiger partial charge >= 0.3 is 0 Å². The third-order valence-electron chi connectivity index (χ3n) is 9.81. The molecule has 0 radical (unpaired) electrons. The number of carbonyl (C=O) groups excluding carboxylic acids is 1. The lowest BCUT2D eigenvalue weighted by Crippen LogP contribution is -2.53. The zero-order valence-corrected chi connectivity index (χ0v) is 32.5. The summed E-state index contributed by atoms with van der Waals surface area (Å²) in [5.41, 5.74) is 0. The smallest absolute Gasteiger partial charge is 0.192 e. The molecule has 1 rings (SSSR count). The highest BCUT2D eigenvalue weighted by molar-refractivity contribution is 6.74. The molecule has 6 atom stereocenters. The molecule has 1 fully saturated rings. The fourth-order valence-electron chi connectivity index (χ4n) is 5.39. The molecule has 244 valence electrons. The highest BCUT2D eigenvalue weighted by atomic mass is 28.4. The van der Waals surface area contributed by atoms with E-state index in [1.807, 2.05) is 13.8 Å². The van der Waals surface area contributed by atoms with Gasteiger partial charge in [0.05, 0.1) is 24.4 Å². The van der Waals surface area contributed by atoms with Gasteiger partial charge in [0, 0.05) is 12.8 Å². The maximum atomic E-state index is 13.3. The average molecular weight is 615 g/mol. The largest absolute Gasteiger partial charge is 0.411 e. The Hall–Kier alpha value is -0.0562. The lowest BCUT2D eigenvalue weighted by Gasteiger charge is -2.47. The molecule has 1 aliphatic heterocycles. The summed E-state index contributed by atoms with van der Waals surface area (Å²) in [4.78, 5) is 13.3. The molecule has 41 heavy (non-hydrogen) atoms. The molecule has 0 aromatic rings. The van der Waals surface area contributed by atoms with Gasteiger partial charge in [-0.05, 0) is 86.6 Å². The molecule has 1 saturated heterocycles. The van der Waals surface area contributed by atoms with E-state index in [2.05, 4.69) is 109 Å². The first-order valence-electron chi connectivity index (χ1n) is 16.4. The predicted octanol–water partition coefficient (Wildman–Crippen LogP) is 10.0. The SMILES string of the molecule is CC(C)[C@H]1OC(C)(C)O[C@@H]1C[C@H](C)CC(=O)C[C@H](C)C[C@@H](O[Si](C)(C)C(C)(C)C)[C@H](O[Si](C)(C)C(C)(C)C)C(C)C. The van der Waals surface area contributed by atoms with Crippen molar-refractivity contribution in [2.24, 2.45) is 23.7 Å². The maximum Gasteiger partial charge on any atom is 0.192 e. The van der Waals surface area contributed by atoms with E-state index in [1.165, 1.54) is 0 Å². The highest BCUT2D eigenvalue weighted by Gasteiger charge is 2.46. The lowest BCUT2D eigenvalue weighted by atomic mass is 9.87. The average Bonchev–Trinajstić information content (AvgIpc) is 3.03. The second-order valence-corrected chi connectivity index (χ2v) is 27.0. The molecule has 0 unspecified atom stereocenters. The van der Waals surface area contributed by atoms with Crippen molar-refractivity contribution >= 4 is 22.4 Å². The van der Waals surface area contributed by atoms with Gasteiger partial charge in [-0.3, -0.25) is 4.79 Å². The summed E-state index contributed by atoms with van der Waals surface area (Å²) < 4.78 is 26.7. The number of hydrogen-bond acceptors (Lipinski definition) is 5. The molecular weight excluding hydrogens is 545 g/mol. The van der Waals surface area contributed by atoms with Gasteiger partial charge in [-0.15, -0.1) is 0 Å². The summed E-state index contributed by atoms with van der Waals surface area (Å²) in [6.07, 6.45) is 2.94. The summed E-state index contributed by atoms with van der Waals surface area (Å²) in [7, 11) is -4.07. The monoisotopic (exact) mass is 614 g/mol. The molecule has 5 nitrogen and oxygen atoms in total. The summed E-state index contributed by atoms with van der Waals surface area (Å²) in [5.74, 6) is 0.960. The Bertz CT molecular complexity index is 822. The molecule has 0 spiro atoms. The van der Waals surface area contributed by atoms with Gasteiger partial charge in [-0.2, -0.15) is 0 Å². The van der Waals surface area contributed by atoms with Crippen LogP contribution in [0, 0.1) is 23.7 Å². The standard InChI is InChI=1S/C34H70O5Si2/c1-23(2)30-28(36-34(13,14)37-30)21-25(5)19-27(35)20-26(6)22-29(38-40(15,16)32(7,8)9)31(24(3)4)39-41(17,18)33(10,11)12/h23-26,28-31H,19-22H2,1-18H3/t25-,26+,28-,29-,30-,31-/m1/s1. The van der Waals surface area contributed by atoms with Gasteiger partial charge in [0.15, 0.2) is 22.4 Å². The van der Waals surface area contributed by atoms with Gasteiger partial charge in [0.1, 0.15) is 5.78 Å². The second kappa shape index (κ2) is 14.4. The van der Waals surface area contributed by atoms with E-state index in [1.54, 1.807) is 0 Å². The molecule has 0 amide bonds. The number of rotatable bonds is 15. The van der Waals surface area contributed by atoms with Gasteiger partial charge in [-0.1, -0.05) is 83.1 Å². The fourth-order valence-corrected chi connectivity index (χ4v) is 8.19. The van der Waals surface area contributed by atoms with Crippen molar-refractivity contribution in [3.05, 3.63) is 0 Å². The van der Waals surface area contributed by atoms with Crippen molar-refractivity contribution < 1.29 is 23.1 Å². The summed E-state index contributed by atoms with van der Waals surface area (Å²) in [6, 6.07) is 0. The van der Waals surface area contributed by atoms with Crippen LogP contribution in [0.3, 0.4) is 0 Å². The van der Waals surface area contributed by atoms with Crippen molar-refractivity contribution in [3.8, 4) is 0 Å². The van der Waals surface area contributed by atoms with E-state index in [0.29, 0.717) is 30.5 Å². The first-order valence-corrected chi connectivity index (χ1v) is 22.2. The zero-order valence-electron chi connectivity index (χ0n) is 30.5. The van der Waals surface area contributed by atoms with Crippen molar-refractivity contribution in [3.63, 3.8) is 0 Å². The fraction of sp³-hybridized carbons (Fsp3) is 0.971. The maximum absolute atomic E-state index is 13.3. The molecule has 0 saturated carbocycles.